The lowest BCUT2D eigenvalue weighted by Gasteiger charge is -2.09. The molecule has 1 amide bonds. The second-order valence-corrected chi connectivity index (χ2v) is 6.61. The third kappa shape index (κ3) is 4.14. The summed E-state index contributed by atoms with van der Waals surface area (Å²) in [5.41, 5.74) is 3.43. The molecule has 25 heavy (non-hydrogen) atoms. The van der Waals surface area contributed by atoms with Crippen LogP contribution in [0, 0.1) is 13.8 Å². The molecule has 0 saturated carbocycles. The van der Waals surface area contributed by atoms with E-state index in [0.717, 1.165) is 16.8 Å². The van der Waals surface area contributed by atoms with E-state index in [1.807, 2.05) is 37.4 Å². The number of carbonyl (C=O) groups excluding carboxylic acids is 2. The zero-order valence-electron chi connectivity index (χ0n) is 13.9. The summed E-state index contributed by atoms with van der Waals surface area (Å²) in [5, 5.41) is 4.71. The number of hydrogen-bond donors (Lipinski definition) is 1. The number of amides is 1. The topological polar surface area (TPSA) is 55.4 Å². The van der Waals surface area contributed by atoms with Crippen molar-refractivity contribution in [3.8, 4) is 5.75 Å². The molecule has 0 radical (unpaired) electrons. The fraction of sp³-hybridized carbons (Fsp3) is 0.100. The highest BCUT2D eigenvalue weighted by Gasteiger charge is 2.11. The van der Waals surface area contributed by atoms with Crippen molar-refractivity contribution < 1.29 is 14.3 Å². The van der Waals surface area contributed by atoms with Gasteiger partial charge in [0.25, 0.3) is 5.91 Å². The van der Waals surface area contributed by atoms with Crippen molar-refractivity contribution in [1.29, 1.82) is 0 Å². The number of esters is 1. The standard InChI is InChI=1S/C20H17NO3S/c1-13-5-10-17(14(2)12-13)21-19(22)15-6-8-16(9-7-15)24-20(23)18-4-3-11-25-18/h3-12H,1-2H3,(H,21,22). The largest absolute Gasteiger partial charge is 0.422 e. The van der Waals surface area contributed by atoms with Crippen molar-refractivity contribution >= 4 is 28.9 Å². The minimum absolute atomic E-state index is 0.205. The van der Waals surface area contributed by atoms with E-state index in [1.54, 1.807) is 36.4 Å². The van der Waals surface area contributed by atoms with E-state index < -0.39 is 5.97 Å². The van der Waals surface area contributed by atoms with Crippen molar-refractivity contribution in [2.75, 3.05) is 5.32 Å². The van der Waals surface area contributed by atoms with Gasteiger partial charge in [0.1, 0.15) is 10.6 Å². The van der Waals surface area contributed by atoms with Crippen molar-refractivity contribution in [2.24, 2.45) is 0 Å². The van der Waals surface area contributed by atoms with Crippen molar-refractivity contribution in [3.05, 3.63) is 81.5 Å². The van der Waals surface area contributed by atoms with E-state index in [0.29, 0.717) is 16.2 Å². The van der Waals surface area contributed by atoms with Crippen LogP contribution in [0.25, 0.3) is 0 Å². The van der Waals surface area contributed by atoms with Crippen molar-refractivity contribution in [3.63, 3.8) is 0 Å². The van der Waals surface area contributed by atoms with Gasteiger partial charge in [-0.25, -0.2) is 4.79 Å². The molecule has 4 nitrogen and oxygen atoms in total. The summed E-state index contributed by atoms with van der Waals surface area (Å²) < 4.78 is 5.28. The molecule has 1 heterocycles. The van der Waals surface area contributed by atoms with Gasteiger partial charge in [-0.1, -0.05) is 23.8 Å². The maximum atomic E-state index is 12.4. The van der Waals surface area contributed by atoms with Gasteiger partial charge >= 0.3 is 5.97 Å². The monoisotopic (exact) mass is 351 g/mol. The lowest BCUT2D eigenvalue weighted by Crippen LogP contribution is -2.13. The van der Waals surface area contributed by atoms with Crippen LogP contribution in [0.4, 0.5) is 5.69 Å². The Labute approximate surface area is 150 Å². The molecule has 0 saturated heterocycles. The summed E-state index contributed by atoms with van der Waals surface area (Å²) in [6, 6.07) is 15.9. The summed E-state index contributed by atoms with van der Waals surface area (Å²) in [6.07, 6.45) is 0. The van der Waals surface area contributed by atoms with Gasteiger partial charge in [0.2, 0.25) is 0 Å². The summed E-state index contributed by atoms with van der Waals surface area (Å²) >= 11 is 1.32. The fourth-order valence-electron chi connectivity index (χ4n) is 2.37. The molecule has 1 aromatic heterocycles. The maximum Gasteiger partial charge on any atom is 0.353 e. The predicted octanol–water partition coefficient (Wildman–Crippen LogP) is 4.84. The van der Waals surface area contributed by atoms with Crippen LogP contribution < -0.4 is 10.1 Å². The minimum Gasteiger partial charge on any atom is -0.422 e. The summed E-state index contributed by atoms with van der Waals surface area (Å²) in [5.74, 6) is -0.202. The molecule has 0 aliphatic heterocycles. The number of carbonyl (C=O) groups is 2. The summed E-state index contributed by atoms with van der Waals surface area (Å²) in [4.78, 5) is 24.8. The maximum absolute atomic E-state index is 12.4. The number of rotatable bonds is 4. The molecule has 1 N–H and O–H groups in total. The van der Waals surface area contributed by atoms with Crippen molar-refractivity contribution in [1.82, 2.24) is 0 Å². The minimum atomic E-state index is -0.400. The second kappa shape index (κ2) is 7.32. The van der Waals surface area contributed by atoms with Gasteiger partial charge in [0.05, 0.1) is 0 Å². The molecule has 0 spiro atoms. The summed E-state index contributed by atoms with van der Waals surface area (Å²) in [7, 11) is 0. The van der Waals surface area contributed by atoms with Crippen LogP contribution in [0.1, 0.15) is 31.2 Å². The molecular formula is C20H17NO3S. The first kappa shape index (κ1) is 16.9. The van der Waals surface area contributed by atoms with Crippen LogP contribution in [0.5, 0.6) is 5.75 Å². The normalized spacial score (nSPS) is 10.3. The van der Waals surface area contributed by atoms with E-state index in [1.165, 1.54) is 11.3 Å². The SMILES string of the molecule is Cc1ccc(NC(=O)c2ccc(OC(=O)c3cccs3)cc2)c(C)c1. The molecule has 126 valence electrons. The highest BCUT2D eigenvalue weighted by molar-refractivity contribution is 7.12. The number of thiophene rings is 1. The Hall–Kier alpha value is -2.92. The lowest BCUT2D eigenvalue weighted by atomic mass is 10.1. The van der Waals surface area contributed by atoms with Gasteiger partial charge in [0.15, 0.2) is 0 Å². The van der Waals surface area contributed by atoms with Gasteiger partial charge in [-0.2, -0.15) is 0 Å². The third-order valence-corrected chi connectivity index (χ3v) is 4.53. The van der Waals surface area contributed by atoms with Gasteiger partial charge in [-0.05, 0) is 61.2 Å². The van der Waals surface area contributed by atoms with Gasteiger partial charge in [-0.15, -0.1) is 11.3 Å². The van der Waals surface area contributed by atoms with Crippen LogP contribution in [0.3, 0.4) is 0 Å². The summed E-state index contributed by atoms with van der Waals surface area (Å²) in [6.45, 7) is 3.96. The number of benzene rings is 2. The molecule has 3 rings (SSSR count). The smallest absolute Gasteiger partial charge is 0.353 e. The van der Waals surface area contributed by atoms with Crippen LogP contribution in [0.15, 0.2) is 60.0 Å². The quantitative estimate of drug-likeness (QED) is 0.541. The molecular weight excluding hydrogens is 334 g/mol. The zero-order chi connectivity index (χ0) is 17.8. The molecule has 0 unspecified atom stereocenters. The molecule has 0 aliphatic rings. The van der Waals surface area contributed by atoms with Gasteiger partial charge in [-0.3, -0.25) is 4.79 Å². The van der Waals surface area contributed by atoms with E-state index in [4.69, 9.17) is 4.74 Å². The van der Waals surface area contributed by atoms with Gasteiger partial charge in [0, 0.05) is 11.3 Å². The Bertz CT molecular complexity index is 899. The molecule has 0 fully saturated rings. The number of aryl methyl sites for hydroxylation is 2. The molecule has 3 aromatic rings. The first-order valence-electron chi connectivity index (χ1n) is 7.77. The number of ether oxygens (including phenoxy) is 1. The van der Waals surface area contributed by atoms with Crippen molar-refractivity contribution in [2.45, 2.75) is 13.8 Å². The Kier molecular flexibility index (Phi) is 4.95. The van der Waals surface area contributed by atoms with E-state index in [-0.39, 0.29) is 5.91 Å². The molecule has 0 bridgehead atoms. The first-order chi connectivity index (χ1) is 12.0. The van der Waals surface area contributed by atoms with Crippen LogP contribution in [-0.4, -0.2) is 11.9 Å². The van der Waals surface area contributed by atoms with Crippen LogP contribution >= 0.6 is 11.3 Å². The Morgan fingerprint density at radius 3 is 2.40 bits per heavy atom. The fourth-order valence-corrected chi connectivity index (χ4v) is 2.97. The lowest BCUT2D eigenvalue weighted by molar-refractivity contribution is 0.0740. The number of nitrogens with one attached hydrogen (secondary N) is 1. The number of hydrogen-bond acceptors (Lipinski definition) is 4. The Morgan fingerprint density at radius 2 is 1.76 bits per heavy atom. The van der Waals surface area contributed by atoms with E-state index >= 15 is 0 Å². The highest BCUT2D eigenvalue weighted by atomic mass is 32.1. The van der Waals surface area contributed by atoms with Crippen LogP contribution in [0.2, 0.25) is 0 Å². The molecule has 2 aromatic carbocycles. The number of anilines is 1. The first-order valence-corrected chi connectivity index (χ1v) is 8.65. The van der Waals surface area contributed by atoms with E-state index in [9.17, 15) is 9.59 Å². The third-order valence-electron chi connectivity index (χ3n) is 3.68. The van der Waals surface area contributed by atoms with Crippen LogP contribution in [-0.2, 0) is 0 Å². The van der Waals surface area contributed by atoms with Gasteiger partial charge < -0.3 is 10.1 Å². The predicted molar refractivity (Wildman–Crippen MR) is 99.6 cm³/mol. The average Bonchev–Trinajstić information content (AvgIpc) is 3.13. The van der Waals surface area contributed by atoms with E-state index in [2.05, 4.69) is 5.32 Å². The zero-order valence-corrected chi connectivity index (χ0v) is 14.7. The Morgan fingerprint density at radius 1 is 1.00 bits per heavy atom. The second-order valence-electron chi connectivity index (χ2n) is 5.66. The molecule has 0 aliphatic carbocycles. The Balaban J connectivity index is 1.67. The highest BCUT2D eigenvalue weighted by Crippen LogP contribution is 2.19. The average molecular weight is 351 g/mol. The molecule has 5 heteroatoms. The molecule has 0 atom stereocenters.